The molecule has 2 aromatic rings. The van der Waals surface area contributed by atoms with E-state index in [1.165, 1.54) is 6.33 Å². The number of carbonyl (C=O) groups excluding carboxylic acids is 1. The van der Waals surface area contributed by atoms with Crippen LogP contribution in [0.15, 0.2) is 12.7 Å². The molecule has 0 spiro atoms. The molecule has 3 N–H and O–H groups in total. The molecule has 2 aromatic heterocycles. The van der Waals surface area contributed by atoms with Crippen molar-refractivity contribution in [2.45, 2.75) is 70.5 Å². The summed E-state index contributed by atoms with van der Waals surface area (Å²) in [6, 6.07) is 0. The molecule has 4 atom stereocenters. The predicted molar refractivity (Wildman–Crippen MR) is 102 cm³/mol. The van der Waals surface area contributed by atoms with Gasteiger partial charge in [0.15, 0.2) is 29.0 Å². The Morgan fingerprint density at radius 3 is 2.69 bits per heavy atom. The second-order valence-corrected chi connectivity index (χ2v) is 8.54. The number of ether oxygens (including phenoxy) is 4. The highest BCUT2D eigenvalue weighted by molar-refractivity contribution is 5.93. The molecule has 2 aliphatic rings. The lowest BCUT2D eigenvalue weighted by molar-refractivity contribution is -0.195. The standard InChI is InChI=1S/C18H26N6O5/c1-17(2,3)29-16(25)23-13-10-14(21-7-20-13)24(8-22-10)15-12-11(9(6-19)26-15)27-18(4,5)28-12/h7-9,11-12,15H,6,19H2,1-5H3,(H,20,21,23,25)/t9-,11-,12-,15-/m1/s1. The minimum Gasteiger partial charge on any atom is -0.444 e. The first kappa shape index (κ1) is 20.0. The summed E-state index contributed by atoms with van der Waals surface area (Å²) in [7, 11) is 0. The predicted octanol–water partition coefficient (Wildman–Crippen LogP) is 1.55. The van der Waals surface area contributed by atoms with Gasteiger partial charge >= 0.3 is 6.09 Å². The number of rotatable bonds is 3. The summed E-state index contributed by atoms with van der Waals surface area (Å²) >= 11 is 0. The number of imidazole rings is 1. The van der Waals surface area contributed by atoms with Crippen molar-refractivity contribution in [3.63, 3.8) is 0 Å². The number of hydrogen-bond acceptors (Lipinski definition) is 9. The van der Waals surface area contributed by atoms with Crippen molar-refractivity contribution in [1.82, 2.24) is 19.5 Å². The minimum absolute atomic E-state index is 0.247. The van der Waals surface area contributed by atoms with Crippen LogP contribution >= 0.6 is 0 Å². The van der Waals surface area contributed by atoms with Crippen LogP contribution in [0.4, 0.5) is 10.6 Å². The van der Waals surface area contributed by atoms with Gasteiger partial charge in [0.05, 0.1) is 6.33 Å². The average molecular weight is 406 g/mol. The molecule has 0 aliphatic carbocycles. The van der Waals surface area contributed by atoms with Crippen LogP contribution in [0.5, 0.6) is 0 Å². The maximum Gasteiger partial charge on any atom is 0.413 e. The van der Waals surface area contributed by atoms with Gasteiger partial charge in [-0.3, -0.25) is 9.88 Å². The highest BCUT2D eigenvalue weighted by Gasteiger charge is 2.55. The van der Waals surface area contributed by atoms with E-state index in [9.17, 15) is 4.79 Å². The lowest BCUT2D eigenvalue weighted by Gasteiger charge is -2.24. The van der Waals surface area contributed by atoms with Crippen molar-refractivity contribution >= 4 is 23.1 Å². The Bertz CT molecular complexity index is 923. The zero-order valence-corrected chi connectivity index (χ0v) is 17.1. The normalized spacial score (nSPS) is 28.5. The number of hydrogen-bond donors (Lipinski definition) is 2. The molecule has 2 saturated heterocycles. The molecule has 0 unspecified atom stereocenters. The second kappa shape index (κ2) is 6.87. The van der Waals surface area contributed by atoms with E-state index in [-0.39, 0.29) is 24.1 Å². The summed E-state index contributed by atoms with van der Waals surface area (Å²) in [4.78, 5) is 24.9. The van der Waals surface area contributed by atoms with Gasteiger partial charge in [-0.25, -0.2) is 19.7 Å². The van der Waals surface area contributed by atoms with Crippen molar-refractivity contribution in [2.75, 3.05) is 11.9 Å². The molecular formula is C18H26N6O5. The first-order valence-electron chi connectivity index (χ1n) is 9.47. The molecule has 2 fully saturated rings. The molecule has 158 valence electrons. The molecule has 0 bridgehead atoms. The van der Waals surface area contributed by atoms with Crippen molar-refractivity contribution in [2.24, 2.45) is 5.73 Å². The smallest absolute Gasteiger partial charge is 0.413 e. The first-order valence-corrected chi connectivity index (χ1v) is 9.47. The van der Waals surface area contributed by atoms with Crippen LogP contribution in [0.3, 0.4) is 0 Å². The Morgan fingerprint density at radius 1 is 1.28 bits per heavy atom. The Balaban J connectivity index is 1.64. The number of anilines is 1. The van der Waals surface area contributed by atoms with Gasteiger partial charge in [-0.1, -0.05) is 0 Å². The van der Waals surface area contributed by atoms with Crippen molar-refractivity contribution in [3.05, 3.63) is 12.7 Å². The zero-order chi connectivity index (χ0) is 21.0. The third kappa shape index (κ3) is 3.78. The maximum atomic E-state index is 12.1. The van der Waals surface area contributed by atoms with Crippen LogP contribution in [-0.2, 0) is 18.9 Å². The summed E-state index contributed by atoms with van der Waals surface area (Å²) in [6.45, 7) is 9.35. The number of carbonyl (C=O) groups is 1. The highest BCUT2D eigenvalue weighted by Crippen LogP contribution is 2.43. The van der Waals surface area contributed by atoms with Crippen molar-refractivity contribution < 1.29 is 23.7 Å². The minimum atomic E-state index is -0.737. The molecule has 29 heavy (non-hydrogen) atoms. The monoisotopic (exact) mass is 406 g/mol. The van der Waals surface area contributed by atoms with Gasteiger partial charge in [-0.15, -0.1) is 0 Å². The topological polar surface area (TPSA) is 136 Å². The van der Waals surface area contributed by atoms with Gasteiger partial charge in [0.1, 0.15) is 30.2 Å². The van der Waals surface area contributed by atoms with E-state index in [1.807, 2.05) is 13.8 Å². The largest absolute Gasteiger partial charge is 0.444 e. The lowest BCUT2D eigenvalue weighted by atomic mass is 10.1. The van der Waals surface area contributed by atoms with Gasteiger partial charge in [0, 0.05) is 6.54 Å². The molecule has 0 radical (unpaired) electrons. The lowest BCUT2D eigenvalue weighted by Crippen LogP contribution is -2.34. The fraction of sp³-hybridized carbons (Fsp3) is 0.667. The fourth-order valence-electron chi connectivity index (χ4n) is 3.60. The van der Waals surface area contributed by atoms with Gasteiger partial charge in [0.2, 0.25) is 0 Å². The number of amides is 1. The third-order valence-corrected chi connectivity index (χ3v) is 4.61. The molecule has 11 nitrogen and oxygen atoms in total. The Morgan fingerprint density at radius 2 is 2.00 bits per heavy atom. The van der Waals surface area contributed by atoms with Crippen LogP contribution in [0, 0.1) is 0 Å². The Kier molecular flexibility index (Phi) is 4.73. The van der Waals surface area contributed by atoms with E-state index in [0.29, 0.717) is 17.7 Å². The van der Waals surface area contributed by atoms with E-state index in [4.69, 9.17) is 24.7 Å². The molecule has 0 aromatic carbocycles. The molecule has 2 aliphatic heterocycles. The van der Waals surface area contributed by atoms with Crippen molar-refractivity contribution in [3.8, 4) is 0 Å². The highest BCUT2D eigenvalue weighted by atomic mass is 16.8. The van der Waals surface area contributed by atoms with E-state index in [0.717, 1.165) is 0 Å². The fourth-order valence-corrected chi connectivity index (χ4v) is 3.60. The van der Waals surface area contributed by atoms with E-state index in [2.05, 4.69) is 20.3 Å². The number of nitrogens with one attached hydrogen (secondary N) is 1. The van der Waals surface area contributed by atoms with E-state index < -0.39 is 23.7 Å². The van der Waals surface area contributed by atoms with Crippen LogP contribution in [0.25, 0.3) is 11.2 Å². The first-order chi connectivity index (χ1) is 13.6. The summed E-state index contributed by atoms with van der Waals surface area (Å²) in [6.07, 6.45) is 0.800. The molecule has 0 saturated carbocycles. The summed E-state index contributed by atoms with van der Waals surface area (Å²) in [5.74, 6) is -0.489. The van der Waals surface area contributed by atoms with Gasteiger partial charge in [0.25, 0.3) is 0 Å². The quantitative estimate of drug-likeness (QED) is 0.778. The summed E-state index contributed by atoms with van der Waals surface area (Å²) in [5, 5.41) is 2.62. The molecule has 4 rings (SSSR count). The van der Waals surface area contributed by atoms with Crippen molar-refractivity contribution in [1.29, 1.82) is 0 Å². The average Bonchev–Trinajstić information content (AvgIpc) is 3.24. The van der Waals surface area contributed by atoms with Gasteiger partial charge < -0.3 is 24.7 Å². The van der Waals surface area contributed by atoms with E-state index >= 15 is 0 Å². The Labute approximate surface area is 167 Å². The van der Waals surface area contributed by atoms with Crippen LogP contribution in [0.2, 0.25) is 0 Å². The Hall–Kier alpha value is -2.34. The van der Waals surface area contributed by atoms with Gasteiger partial charge in [-0.05, 0) is 34.6 Å². The number of fused-ring (bicyclic) bond motifs is 2. The number of nitrogens with two attached hydrogens (primary N) is 1. The second-order valence-electron chi connectivity index (χ2n) is 8.54. The SMILES string of the molecule is CC(C)(C)OC(=O)Nc1ncnc2c1ncn2[C@@H]1O[C@H](CN)[C@H]2OC(C)(C)O[C@H]21. The molecular weight excluding hydrogens is 380 g/mol. The summed E-state index contributed by atoms with van der Waals surface area (Å²) in [5.41, 5.74) is 6.13. The summed E-state index contributed by atoms with van der Waals surface area (Å²) < 4.78 is 25.1. The molecule has 4 heterocycles. The maximum absolute atomic E-state index is 12.1. The van der Waals surface area contributed by atoms with Crippen LogP contribution in [-0.4, -0.2) is 61.9 Å². The third-order valence-electron chi connectivity index (χ3n) is 4.61. The van der Waals surface area contributed by atoms with E-state index in [1.54, 1.807) is 31.7 Å². The van der Waals surface area contributed by atoms with Gasteiger partial charge in [-0.2, -0.15) is 0 Å². The number of nitrogens with zero attached hydrogens (tertiary/aromatic N) is 4. The van der Waals surface area contributed by atoms with Crippen LogP contribution < -0.4 is 11.1 Å². The van der Waals surface area contributed by atoms with Crippen LogP contribution in [0.1, 0.15) is 40.8 Å². The molecule has 1 amide bonds. The molecule has 11 heteroatoms. The number of aromatic nitrogens is 4. The zero-order valence-electron chi connectivity index (χ0n) is 17.1.